The Labute approximate surface area is 121 Å². The van der Waals surface area contributed by atoms with Crippen LogP contribution in [0.3, 0.4) is 0 Å². The molecule has 0 spiro atoms. The average molecular weight is 278 g/mol. The Kier molecular flexibility index (Phi) is 3.25. The van der Waals surface area contributed by atoms with Crippen molar-refractivity contribution in [3.05, 3.63) is 15.6 Å². The number of hydrogen-bond donors (Lipinski definition) is 1. The lowest BCUT2D eigenvalue weighted by Gasteiger charge is -2.32. The Morgan fingerprint density at radius 1 is 1.21 bits per heavy atom. The molecule has 1 aromatic heterocycles. The largest absolute Gasteiger partial charge is 0.303 e. The van der Waals surface area contributed by atoms with Gasteiger partial charge in [0.25, 0.3) is 0 Å². The van der Waals surface area contributed by atoms with Gasteiger partial charge in [0.1, 0.15) is 5.01 Å². The van der Waals surface area contributed by atoms with Gasteiger partial charge in [-0.2, -0.15) is 0 Å². The zero-order valence-corrected chi connectivity index (χ0v) is 13.5. The van der Waals surface area contributed by atoms with Gasteiger partial charge in [-0.3, -0.25) is 0 Å². The van der Waals surface area contributed by atoms with E-state index in [1.165, 1.54) is 49.2 Å². The van der Waals surface area contributed by atoms with E-state index in [2.05, 4.69) is 33.0 Å². The Hall–Kier alpha value is -0.410. The summed E-state index contributed by atoms with van der Waals surface area (Å²) in [6, 6.07) is 0.521. The Bertz CT molecular complexity index is 454. The highest BCUT2D eigenvalue weighted by Gasteiger charge is 2.46. The van der Waals surface area contributed by atoms with Crippen molar-refractivity contribution in [2.24, 2.45) is 5.41 Å². The second-order valence-corrected chi connectivity index (χ2v) is 8.55. The van der Waals surface area contributed by atoms with Gasteiger partial charge in [0.15, 0.2) is 0 Å². The first kappa shape index (κ1) is 13.6. The van der Waals surface area contributed by atoms with E-state index in [9.17, 15) is 0 Å². The molecule has 1 atom stereocenters. The molecule has 0 aliphatic heterocycles. The molecule has 1 aromatic rings. The van der Waals surface area contributed by atoms with E-state index in [0.29, 0.717) is 11.5 Å². The summed E-state index contributed by atoms with van der Waals surface area (Å²) in [7, 11) is 0. The Balaban J connectivity index is 1.95. The molecule has 0 amide bonds. The summed E-state index contributed by atoms with van der Waals surface area (Å²) in [5, 5.41) is 5.24. The fraction of sp³-hybridized carbons (Fsp3) is 0.812. The number of nitrogens with zero attached hydrogens (tertiary/aromatic N) is 1. The predicted molar refractivity (Wildman–Crippen MR) is 81.7 cm³/mol. The molecule has 19 heavy (non-hydrogen) atoms. The van der Waals surface area contributed by atoms with Crippen LogP contribution in [0.15, 0.2) is 0 Å². The number of thiazole rings is 1. The number of hydrogen-bond acceptors (Lipinski definition) is 3. The quantitative estimate of drug-likeness (QED) is 0.902. The minimum atomic E-state index is 0.146. The summed E-state index contributed by atoms with van der Waals surface area (Å²) in [6.07, 6.45) is 7.54. The molecular weight excluding hydrogens is 252 g/mol. The number of rotatable bonds is 3. The summed E-state index contributed by atoms with van der Waals surface area (Å²) in [4.78, 5) is 6.58. The summed E-state index contributed by atoms with van der Waals surface area (Å²) in [5.41, 5.74) is 1.99. The zero-order chi connectivity index (χ0) is 13.7. The summed E-state index contributed by atoms with van der Waals surface area (Å²) >= 11 is 1.99. The normalized spacial score (nSPS) is 29.1. The zero-order valence-electron chi connectivity index (χ0n) is 12.7. The second-order valence-electron chi connectivity index (χ2n) is 7.46. The van der Waals surface area contributed by atoms with Gasteiger partial charge in [-0.05, 0) is 57.8 Å². The van der Waals surface area contributed by atoms with Crippen LogP contribution in [0.25, 0.3) is 0 Å². The molecular formula is C16H26N2S. The smallest absolute Gasteiger partial charge is 0.113 e. The van der Waals surface area contributed by atoms with Crippen molar-refractivity contribution in [2.45, 2.75) is 77.8 Å². The summed E-state index contributed by atoms with van der Waals surface area (Å²) < 4.78 is 0. The van der Waals surface area contributed by atoms with Crippen LogP contribution in [0, 0.1) is 5.41 Å². The molecule has 0 aromatic carbocycles. The standard InChI is InChI=1S/C16H26N2S/c1-11(2)18-16(9-8-15(3,4)10-16)14-17-12-6-5-7-13(12)19-14/h11,18H,5-10H2,1-4H3. The van der Waals surface area contributed by atoms with Crippen LogP contribution in [-0.2, 0) is 18.4 Å². The van der Waals surface area contributed by atoms with E-state index in [4.69, 9.17) is 4.98 Å². The van der Waals surface area contributed by atoms with Crippen molar-refractivity contribution in [2.75, 3.05) is 0 Å². The fourth-order valence-electron chi connectivity index (χ4n) is 3.86. The monoisotopic (exact) mass is 278 g/mol. The van der Waals surface area contributed by atoms with Gasteiger partial charge < -0.3 is 5.32 Å². The molecule has 1 unspecified atom stereocenters. The van der Waals surface area contributed by atoms with Gasteiger partial charge in [-0.1, -0.05) is 13.8 Å². The first-order chi connectivity index (χ1) is 8.90. The van der Waals surface area contributed by atoms with Gasteiger partial charge in [0, 0.05) is 10.9 Å². The maximum atomic E-state index is 5.02. The topological polar surface area (TPSA) is 24.9 Å². The van der Waals surface area contributed by atoms with Crippen molar-refractivity contribution in [3.8, 4) is 0 Å². The summed E-state index contributed by atoms with van der Waals surface area (Å²) in [6.45, 7) is 9.32. The SMILES string of the molecule is CC(C)NC1(c2nc3c(s2)CCC3)CCC(C)(C)C1. The third-order valence-corrected chi connectivity index (χ3v) is 5.94. The predicted octanol–water partition coefficient (Wildman–Crippen LogP) is 4.04. The molecule has 3 rings (SSSR count). The van der Waals surface area contributed by atoms with Crippen LogP contribution in [0.5, 0.6) is 0 Å². The van der Waals surface area contributed by atoms with E-state index in [1.807, 2.05) is 11.3 Å². The third kappa shape index (κ3) is 2.47. The first-order valence-corrected chi connectivity index (χ1v) is 8.49. The molecule has 1 saturated carbocycles. The number of fused-ring (bicyclic) bond motifs is 1. The van der Waals surface area contributed by atoms with Gasteiger partial charge in [0.05, 0.1) is 11.2 Å². The van der Waals surface area contributed by atoms with Crippen molar-refractivity contribution < 1.29 is 0 Å². The van der Waals surface area contributed by atoms with Crippen molar-refractivity contribution in [3.63, 3.8) is 0 Å². The molecule has 1 heterocycles. The minimum absolute atomic E-state index is 0.146. The lowest BCUT2D eigenvalue weighted by Crippen LogP contribution is -2.44. The molecule has 0 saturated heterocycles. The van der Waals surface area contributed by atoms with Crippen LogP contribution < -0.4 is 5.32 Å². The molecule has 1 N–H and O–H groups in total. The maximum absolute atomic E-state index is 5.02. The Morgan fingerprint density at radius 2 is 2.00 bits per heavy atom. The highest BCUT2D eigenvalue weighted by molar-refractivity contribution is 7.12. The molecule has 1 fully saturated rings. The first-order valence-electron chi connectivity index (χ1n) is 7.67. The molecule has 0 bridgehead atoms. The molecule has 2 aliphatic carbocycles. The molecule has 0 radical (unpaired) electrons. The molecule has 3 heteroatoms. The minimum Gasteiger partial charge on any atom is -0.303 e. The number of aromatic nitrogens is 1. The highest BCUT2D eigenvalue weighted by Crippen LogP contribution is 2.50. The van der Waals surface area contributed by atoms with Crippen molar-refractivity contribution in [1.82, 2.24) is 10.3 Å². The maximum Gasteiger partial charge on any atom is 0.113 e. The lowest BCUT2D eigenvalue weighted by molar-refractivity contribution is 0.270. The van der Waals surface area contributed by atoms with E-state index in [-0.39, 0.29) is 5.54 Å². The summed E-state index contributed by atoms with van der Waals surface area (Å²) in [5.74, 6) is 0. The van der Waals surface area contributed by atoms with Crippen LogP contribution in [-0.4, -0.2) is 11.0 Å². The van der Waals surface area contributed by atoms with Crippen molar-refractivity contribution >= 4 is 11.3 Å². The lowest BCUT2D eigenvalue weighted by atomic mass is 9.87. The van der Waals surface area contributed by atoms with Crippen LogP contribution in [0.4, 0.5) is 0 Å². The van der Waals surface area contributed by atoms with Crippen molar-refractivity contribution in [1.29, 1.82) is 0 Å². The van der Waals surface area contributed by atoms with E-state index in [0.717, 1.165) is 0 Å². The van der Waals surface area contributed by atoms with Gasteiger partial charge in [0.2, 0.25) is 0 Å². The van der Waals surface area contributed by atoms with Crippen LogP contribution in [0.1, 0.15) is 69.0 Å². The fourth-order valence-corrected chi connectivity index (χ4v) is 5.19. The van der Waals surface area contributed by atoms with E-state index in [1.54, 1.807) is 4.88 Å². The number of nitrogens with one attached hydrogen (secondary N) is 1. The van der Waals surface area contributed by atoms with E-state index < -0.39 is 0 Å². The molecule has 2 aliphatic rings. The average Bonchev–Trinajstić information content (AvgIpc) is 2.89. The number of aryl methyl sites for hydroxylation is 2. The molecule has 2 nitrogen and oxygen atoms in total. The second kappa shape index (κ2) is 4.56. The van der Waals surface area contributed by atoms with Gasteiger partial charge >= 0.3 is 0 Å². The molecule has 106 valence electrons. The van der Waals surface area contributed by atoms with Gasteiger partial charge in [-0.25, -0.2) is 4.98 Å². The Morgan fingerprint density at radius 3 is 2.58 bits per heavy atom. The highest BCUT2D eigenvalue weighted by atomic mass is 32.1. The van der Waals surface area contributed by atoms with Crippen LogP contribution in [0.2, 0.25) is 0 Å². The third-order valence-electron chi connectivity index (χ3n) is 4.58. The van der Waals surface area contributed by atoms with Gasteiger partial charge in [-0.15, -0.1) is 11.3 Å². The van der Waals surface area contributed by atoms with Crippen LogP contribution >= 0.6 is 11.3 Å². The van der Waals surface area contributed by atoms with E-state index >= 15 is 0 Å².